The molecule has 4 nitrogen and oxygen atoms in total. The zero-order valence-corrected chi connectivity index (χ0v) is 10.6. The fourth-order valence-corrected chi connectivity index (χ4v) is 2.18. The fraction of sp³-hybridized carbons (Fsp3) is 0.364. The molecule has 2 N–H and O–H groups in total. The Morgan fingerprint density at radius 2 is 2.38 bits per heavy atom. The highest BCUT2D eigenvalue weighted by Crippen LogP contribution is 2.27. The van der Waals surface area contributed by atoms with Gasteiger partial charge in [-0.05, 0) is 34.5 Å². The van der Waals surface area contributed by atoms with Crippen LogP contribution in [0, 0.1) is 0 Å². The Labute approximate surface area is 103 Å². The first kappa shape index (κ1) is 11.4. The van der Waals surface area contributed by atoms with Crippen molar-refractivity contribution in [2.45, 2.75) is 25.9 Å². The molecule has 0 saturated carbocycles. The van der Waals surface area contributed by atoms with E-state index in [0.29, 0.717) is 4.67 Å². The molecule has 0 radical (unpaired) electrons. The molecular formula is C11H14BrN3O. The van der Waals surface area contributed by atoms with Crippen molar-refractivity contribution in [3.63, 3.8) is 0 Å². The summed E-state index contributed by atoms with van der Waals surface area (Å²) < 4.78 is 7.81. The Bertz CT molecular complexity index is 463. The highest BCUT2D eigenvalue weighted by Gasteiger charge is 2.17. The van der Waals surface area contributed by atoms with Crippen molar-refractivity contribution in [2.75, 3.05) is 0 Å². The lowest BCUT2D eigenvalue weighted by Crippen LogP contribution is -2.17. The number of furan rings is 1. The number of nitrogens with zero attached hydrogens (tertiary/aromatic N) is 2. The van der Waals surface area contributed by atoms with Gasteiger partial charge in [0.25, 0.3) is 0 Å². The predicted molar refractivity (Wildman–Crippen MR) is 65.0 cm³/mol. The van der Waals surface area contributed by atoms with E-state index in [-0.39, 0.29) is 6.04 Å². The van der Waals surface area contributed by atoms with Gasteiger partial charge in [0.05, 0.1) is 18.0 Å². The molecular weight excluding hydrogens is 270 g/mol. The topological polar surface area (TPSA) is 57.0 Å². The molecule has 0 saturated heterocycles. The summed E-state index contributed by atoms with van der Waals surface area (Å²) in [6.07, 6.45) is 4.44. The first-order chi connectivity index (χ1) is 7.74. The Morgan fingerprint density at radius 3 is 3.00 bits per heavy atom. The Hall–Kier alpha value is -1.07. The summed E-state index contributed by atoms with van der Waals surface area (Å²) in [5, 5.41) is 4.26. The van der Waals surface area contributed by atoms with E-state index in [9.17, 15) is 0 Å². The molecule has 86 valence electrons. The monoisotopic (exact) mass is 283 g/mol. The van der Waals surface area contributed by atoms with Crippen LogP contribution in [0.15, 0.2) is 33.7 Å². The molecule has 2 aromatic rings. The van der Waals surface area contributed by atoms with E-state index in [1.807, 2.05) is 16.8 Å². The van der Waals surface area contributed by atoms with E-state index in [1.165, 1.54) is 0 Å². The number of halogens is 1. The van der Waals surface area contributed by atoms with E-state index in [4.69, 9.17) is 10.2 Å². The van der Waals surface area contributed by atoms with Crippen molar-refractivity contribution in [1.82, 2.24) is 9.78 Å². The van der Waals surface area contributed by atoms with Gasteiger partial charge < -0.3 is 10.2 Å². The van der Waals surface area contributed by atoms with Crippen molar-refractivity contribution in [2.24, 2.45) is 5.73 Å². The maximum absolute atomic E-state index is 6.19. The minimum atomic E-state index is -0.206. The smallest absolute Gasteiger partial charge is 0.174 e. The molecule has 0 amide bonds. The third-order valence-electron chi connectivity index (χ3n) is 2.48. The molecule has 0 aliphatic carbocycles. The molecule has 0 spiro atoms. The highest BCUT2D eigenvalue weighted by molar-refractivity contribution is 9.10. The van der Waals surface area contributed by atoms with Crippen LogP contribution in [-0.4, -0.2) is 9.78 Å². The van der Waals surface area contributed by atoms with E-state index >= 15 is 0 Å². The number of rotatable bonds is 4. The molecule has 2 aromatic heterocycles. The van der Waals surface area contributed by atoms with E-state index < -0.39 is 0 Å². The second-order valence-corrected chi connectivity index (χ2v) is 4.33. The summed E-state index contributed by atoms with van der Waals surface area (Å²) in [6.45, 7) is 3.00. The fourth-order valence-electron chi connectivity index (χ4n) is 1.69. The van der Waals surface area contributed by atoms with Crippen molar-refractivity contribution >= 4 is 15.9 Å². The lowest BCUT2D eigenvalue weighted by atomic mass is 10.1. The van der Waals surface area contributed by atoms with Gasteiger partial charge >= 0.3 is 0 Å². The third-order valence-corrected chi connectivity index (χ3v) is 3.13. The average molecular weight is 284 g/mol. The molecule has 16 heavy (non-hydrogen) atoms. The maximum Gasteiger partial charge on any atom is 0.174 e. The highest BCUT2D eigenvalue weighted by atomic mass is 79.9. The average Bonchev–Trinajstić information content (AvgIpc) is 2.87. The Balaban J connectivity index is 2.30. The second kappa shape index (κ2) is 4.84. The van der Waals surface area contributed by atoms with Crippen molar-refractivity contribution in [3.8, 4) is 0 Å². The second-order valence-electron chi connectivity index (χ2n) is 3.61. The summed E-state index contributed by atoms with van der Waals surface area (Å²) in [4.78, 5) is 0. The molecule has 5 heteroatoms. The van der Waals surface area contributed by atoms with Crippen LogP contribution < -0.4 is 5.73 Å². The van der Waals surface area contributed by atoms with Gasteiger partial charge in [-0.1, -0.05) is 6.92 Å². The predicted octanol–water partition coefficient (Wildman–Crippen LogP) is 2.70. The largest absolute Gasteiger partial charge is 0.457 e. The number of nitrogens with two attached hydrogens (primary N) is 1. The van der Waals surface area contributed by atoms with Crippen LogP contribution >= 0.6 is 15.9 Å². The number of aromatic nitrogens is 2. The normalized spacial score (nSPS) is 12.9. The Morgan fingerprint density at radius 1 is 1.56 bits per heavy atom. The molecule has 0 fully saturated rings. The van der Waals surface area contributed by atoms with Gasteiger partial charge in [0.2, 0.25) is 0 Å². The van der Waals surface area contributed by atoms with Crippen LogP contribution in [0.25, 0.3) is 0 Å². The van der Waals surface area contributed by atoms with Gasteiger partial charge in [0, 0.05) is 18.3 Å². The molecule has 2 rings (SSSR count). The minimum absolute atomic E-state index is 0.206. The summed E-state index contributed by atoms with van der Waals surface area (Å²) in [7, 11) is 0. The first-order valence-corrected chi connectivity index (χ1v) is 6.03. The zero-order chi connectivity index (χ0) is 11.5. The summed E-state index contributed by atoms with van der Waals surface area (Å²) in [5.74, 6) is 0. The van der Waals surface area contributed by atoms with Crippen LogP contribution in [0.1, 0.15) is 30.6 Å². The maximum atomic E-state index is 6.19. The van der Waals surface area contributed by atoms with Crippen LogP contribution in [0.5, 0.6) is 0 Å². The zero-order valence-electron chi connectivity index (χ0n) is 9.06. The number of hydrogen-bond donors (Lipinski definition) is 1. The van der Waals surface area contributed by atoms with Gasteiger partial charge in [-0.3, -0.25) is 4.68 Å². The minimum Gasteiger partial charge on any atom is -0.457 e. The van der Waals surface area contributed by atoms with E-state index in [2.05, 4.69) is 28.0 Å². The van der Waals surface area contributed by atoms with Crippen LogP contribution in [0.4, 0.5) is 0 Å². The molecule has 0 bridgehead atoms. The van der Waals surface area contributed by atoms with Crippen molar-refractivity contribution < 1.29 is 4.42 Å². The number of aryl methyl sites for hydroxylation is 1. The van der Waals surface area contributed by atoms with Crippen molar-refractivity contribution in [1.29, 1.82) is 0 Å². The lowest BCUT2D eigenvalue weighted by Gasteiger charge is -2.12. The van der Waals surface area contributed by atoms with E-state index in [1.54, 1.807) is 12.5 Å². The molecule has 2 heterocycles. The van der Waals surface area contributed by atoms with Crippen LogP contribution in [0.3, 0.4) is 0 Å². The third kappa shape index (κ3) is 2.05. The SMILES string of the molecule is CCCn1nccc1C(N)c1ccoc1Br. The molecule has 0 aromatic carbocycles. The molecule has 1 atom stereocenters. The van der Waals surface area contributed by atoms with Gasteiger partial charge in [-0.25, -0.2) is 0 Å². The van der Waals surface area contributed by atoms with Crippen molar-refractivity contribution in [3.05, 3.63) is 40.5 Å². The Kier molecular flexibility index (Phi) is 3.46. The summed E-state index contributed by atoms with van der Waals surface area (Å²) >= 11 is 3.34. The lowest BCUT2D eigenvalue weighted by molar-refractivity contribution is 0.527. The van der Waals surface area contributed by atoms with Crippen LogP contribution in [-0.2, 0) is 6.54 Å². The number of hydrogen-bond acceptors (Lipinski definition) is 3. The molecule has 1 unspecified atom stereocenters. The first-order valence-electron chi connectivity index (χ1n) is 5.24. The molecule has 0 aliphatic heterocycles. The summed E-state index contributed by atoms with van der Waals surface area (Å²) in [6, 6.07) is 3.61. The summed E-state index contributed by atoms with van der Waals surface area (Å²) in [5.41, 5.74) is 8.13. The quantitative estimate of drug-likeness (QED) is 0.939. The van der Waals surface area contributed by atoms with Gasteiger partial charge in [0.15, 0.2) is 4.67 Å². The molecule has 0 aliphatic rings. The van der Waals surface area contributed by atoms with E-state index in [0.717, 1.165) is 24.2 Å². The standard InChI is InChI=1S/C11H14BrN3O/c1-2-6-15-9(3-5-14-15)10(13)8-4-7-16-11(8)12/h3-5,7,10H,2,6,13H2,1H3. The van der Waals surface area contributed by atoms with Gasteiger partial charge in [-0.15, -0.1) is 0 Å². The van der Waals surface area contributed by atoms with Gasteiger partial charge in [0.1, 0.15) is 0 Å². The van der Waals surface area contributed by atoms with Crippen LogP contribution in [0.2, 0.25) is 0 Å². The van der Waals surface area contributed by atoms with Gasteiger partial charge in [-0.2, -0.15) is 5.10 Å².